The minimum atomic E-state index is -3.34. The van der Waals surface area contributed by atoms with Crippen LogP contribution in [-0.2, 0) is 10.0 Å². The highest BCUT2D eigenvalue weighted by Gasteiger charge is 2.09. The van der Waals surface area contributed by atoms with Crippen molar-refractivity contribution in [2.75, 3.05) is 16.4 Å². The van der Waals surface area contributed by atoms with Gasteiger partial charge in [-0.15, -0.1) is 11.6 Å². The molecule has 0 aliphatic heterocycles. The highest BCUT2D eigenvalue weighted by molar-refractivity contribution is 9.10. The van der Waals surface area contributed by atoms with Crippen molar-refractivity contribution in [1.82, 2.24) is 4.98 Å². The normalized spacial score (nSPS) is 11.3. The second-order valence-electron chi connectivity index (χ2n) is 2.50. The van der Waals surface area contributed by atoms with E-state index in [-0.39, 0.29) is 11.6 Å². The summed E-state index contributed by atoms with van der Waals surface area (Å²) < 4.78 is 25.6. The molecule has 0 atom stereocenters. The van der Waals surface area contributed by atoms with Gasteiger partial charge in [-0.1, -0.05) is 0 Å². The van der Waals surface area contributed by atoms with E-state index in [2.05, 4.69) is 25.6 Å². The number of nitrogens with zero attached hydrogens (tertiary/aromatic N) is 1. The zero-order valence-electron chi connectivity index (χ0n) is 7.07. The predicted octanol–water partition coefficient (Wildman–Crippen LogP) is 1.82. The number of rotatable bonds is 4. The molecule has 1 N–H and O–H groups in total. The molecule has 0 spiro atoms. The average Bonchev–Trinajstić information content (AvgIpc) is 2.02. The van der Waals surface area contributed by atoms with Gasteiger partial charge in [0.25, 0.3) is 0 Å². The molecule has 1 rings (SSSR count). The van der Waals surface area contributed by atoms with Crippen LogP contribution in [0.5, 0.6) is 0 Å². The fourth-order valence-corrected chi connectivity index (χ4v) is 2.55. The molecular formula is C7H8BrClN2O2S. The first-order chi connectivity index (χ1) is 6.53. The van der Waals surface area contributed by atoms with E-state index in [4.69, 9.17) is 11.6 Å². The van der Waals surface area contributed by atoms with E-state index in [9.17, 15) is 8.42 Å². The second kappa shape index (κ2) is 4.95. The maximum absolute atomic E-state index is 11.3. The summed E-state index contributed by atoms with van der Waals surface area (Å²) in [7, 11) is -3.34. The predicted molar refractivity (Wildman–Crippen MR) is 60.1 cm³/mol. The molecule has 0 aromatic carbocycles. The zero-order chi connectivity index (χ0) is 10.6. The standard InChI is InChI=1S/C7H8BrClN2O2S/c8-6-3-7(5-10-4-6)11-14(12,13)2-1-9/h3-5,11H,1-2H2. The van der Waals surface area contributed by atoms with Gasteiger partial charge in [-0.2, -0.15) is 0 Å². The van der Waals surface area contributed by atoms with Crippen LogP contribution in [0, 0.1) is 0 Å². The molecule has 78 valence electrons. The van der Waals surface area contributed by atoms with E-state index in [1.165, 1.54) is 6.20 Å². The van der Waals surface area contributed by atoms with Crippen LogP contribution >= 0.6 is 27.5 Å². The Balaban J connectivity index is 2.79. The Kier molecular flexibility index (Phi) is 4.15. The molecule has 0 fully saturated rings. The van der Waals surface area contributed by atoms with Crippen LogP contribution in [0.2, 0.25) is 0 Å². The van der Waals surface area contributed by atoms with Crippen LogP contribution in [0.15, 0.2) is 22.9 Å². The Labute approximate surface area is 95.9 Å². The number of hydrogen-bond donors (Lipinski definition) is 1. The van der Waals surface area contributed by atoms with Gasteiger partial charge in [0.15, 0.2) is 0 Å². The first-order valence-electron chi connectivity index (χ1n) is 3.70. The summed E-state index contributed by atoms with van der Waals surface area (Å²) in [6, 6.07) is 1.62. The van der Waals surface area contributed by atoms with Crippen LogP contribution in [0.1, 0.15) is 0 Å². The SMILES string of the molecule is O=S(=O)(CCCl)Nc1cncc(Br)c1. The summed E-state index contributed by atoms with van der Waals surface area (Å²) in [4.78, 5) is 3.82. The minimum Gasteiger partial charge on any atom is -0.282 e. The van der Waals surface area contributed by atoms with Gasteiger partial charge in [0.2, 0.25) is 10.0 Å². The highest BCUT2D eigenvalue weighted by atomic mass is 79.9. The molecule has 1 aromatic rings. The van der Waals surface area contributed by atoms with Gasteiger partial charge >= 0.3 is 0 Å². The van der Waals surface area contributed by atoms with Crippen LogP contribution in [0.4, 0.5) is 5.69 Å². The molecule has 7 heteroatoms. The number of pyridine rings is 1. The summed E-state index contributed by atoms with van der Waals surface area (Å²) in [5.41, 5.74) is 0.421. The molecule has 0 amide bonds. The average molecular weight is 300 g/mol. The van der Waals surface area contributed by atoms with Gasteiger partial charge in [-0.05, 0) is 22.0 Å². The minimum absolute atomic E-state index is 0.0662. The topological polar surface area (TPSA) is 59.1 Å². The number of halogens is 2. The fourth-order valence-electron chi connectivity index (χ4n) is 0.800. The Morgan fingerprint density at radius 1 is 1.50 bits per heavy atom. The summed E-state index contributed by atoms with van der Waals surface area (Å²) in [6.45, 7) is 0. The summed E-state index contributed by atoms with van der Waals surface area (Å²) in [5.74, 6) is -0.0438. The van der Waals surface area contributed by atoms with Crippen molar-refractivity contribution in [2.24, 2.45) is 0 Å². The third kappa shape index (κ3) is 3.81. The van der Waals surface area contributed by atoms with E-state index >= 15 is 0 Å². The fraction of sp³-hybridized carbons (Fsp3) is 0.286. The van der Waals surface area contributed by atoms with Crippen molar-refractivity contribution in [3.63, 3.8) is 0 Å². The van der Waals surface area contributed by atoms with Gasteiger partial charge in [-0.25, -0.2) is 8.42 Å². The van der Waals surface area contributed by atoms with E-state index in [0.717, 1.165) is 0 Å². The largest absolute Gasteiger partial charge is 0.282 e. The quantitative estimate of drug-likeness (QED) is 0.863. The highest BCUT2D eigenvalue weighted by Crippen LogP contribution is 2.14. The Morgan fingerprint density at radius 2 is 2.21 bits per heavy atom. The molecule has 0 saturated heterocycles. The maximum Gasteiger partial charge on any atom is 0.233 e. The molecule has 1 heterocycles. The molecule has 1 aromatic heterocycles. The van der Waals surface area contributed by atoms with Gasteiger partial charge in [-0.3, -0.25) is 9.71 Å². The number of sulfonamides is 1. The van der Waals surface area contributed by atoms with Crippen molar-refractivity contribution >= 4 is 43.2 Å². The summed E-state index contributed by atoms with van der Waals surface area (Å²) >= 11 is 8.52. The van der Waals surface area contributed by atoms with Gasteiger partial charge in [0.1, 0.15) is 0 Å². The van der Waals surface area contributed by atoms with Crippen molar-refractivity contribution < 1.29 is 8.42 Å². The monoisotopic (exact) mass is 298 g/mol. The zero-order valence-corrected chi connectivity index (χ0v) is 10.2. The third-order valence-electron chi connectivity index (χ3n) is 1.32. The van der Waals surface area contributed by atoms with Crippen LogP contribution in [0.3, 0.4) is 0 Å². The number of anilines is 1. The van der Waals surface area contributed by atoms with E-state index in [1.807, 2.05) is 0 Å². The number of aromatic nitrogens is 1. The van der Waals surface area contributed by atoms with Crippen LogP contribution in [-0.4, -0.2) is 25.0 Å². The first kappa shape index (κ1) is 11.7. The van der Waals surface area contributed by atoms with Crippen LogP contribution < -0.4 is 4.72 Å². The summed E-state index contributed by atoms with van der Waals surface area (Å²) in [5, 5.41) is 0. The molecule has 0 aliphatic carbocycles. The molecule has 0 radical (unpaired) electrons. The van der Waals surface area contributed by atoms with Crippen molar-refractivity contribution in [3.8, 4) is 0 Å². The van der Waals surface area contributed by atoms with Gasteiger partial charge in [0, 0.05) is 16.5 Å². The molecule has 0 unspecified atom stereocenters. The Bertz CT molecular complexity index is 410. The lowest BCUT2D eigenvalue weighted by Gasteiger charge is -2.05. The molecule has 0 saturated carbocycles. The van der Waals surface area contributed by atoms with E-state index < -0.39 is 10.0 Å². The maximum atomic E-state index is 11.3. The molecular weight excluding hydrogens is 292 g/mol. The summed E-state index contributed by atoms with van der Waals surface area (Å²) in [6.07, 6.45) is 3.00. The van der Waals surface area contributed by atoms with E-state index in [0.29, 0.717) is 10.2 Å². The smallest absolute Gasteiger partial charge is 0.233 e. The molecule has 0 aliphatic rings. The molecule has 0 bridgehead atoms. The van der Waals surface area contributed by atoms with Crippen molar-refractivity contribution in [1.29, 1.82) is 0 Å². The lowest BCUT2D eigenvalue weighted by Crippen LogP contribution is -2.17. The van der Waals surface area contributed by atoms with Crippen LogP contribution in [0.25, 0.3) is 0 Å². The first-order valence-corrected chi connectivity index (χ1v) is 6.68. The number of hydrogen-bond acceptors (Lipinski definition) is 3. The number of nitrogens with one attached hydrogen (secondary N) is 1. The van der Waals surface area contributed by atoms with Gasteiger partial charge < -0.3 is 0 Å². The van der Waals surface area contributed by atoms with Gasteiger partial charge in [0.05, 0.1) is 17.6 Å². The van der Waals surface area contributed by atoms with Crippen molar-refractivity contribution in [2.45, 2.75) is 0 Å². The Hall–Kier alpha value is -0.330. The second-order valence-corrected chi connectivity index (χ2v) is 5.64. The molecule has 14 heavy (non-hydrogen) atoms. The lowest BCUT2D eigenvalue weighted by atomic mass is 10.4. The molecule has 4 nitrogen and oxygen atoms in total. The van der Waals surface area contributed by atoms with Crippen molar-refractivity contribution in [3.05, 3.63) is 22.9 Å². The van der Waals surface area contributed by atoms with E-state index in [1.54, 1.807) is 12.3 Å². The lowest BCUT2D eigenvalue weighted by molar-refractivity contribution is 0.602. The Morgan fingerprint density at radius 3 is 2.79 bits per heavy atom. The third-order valence-corrected chi connectivity index (χ3v) is 3.46. The number of alkyl halides is 1.